The third-order valence-electron chi connectivity index (χ3n) is 3.45. The number of rotatable bonds is 3. The normalized spacial score (nSPS) is 14.1. The van der Waals surface area contributed by atoms with Crippen LogP contribution in [0.25, 0.3) is 11.3 Å². The van der Waals surface area contributed by atoms with Gasteiger partial charge in [-0.15, -0.1) is 0 Å². The largest absolute Gasteiger partial charge is 0.534 e. The zero-order valence-corrected chi connectivity index (χ0v) is 12.6. The first-order valence-electron chi connectivity index (χ1n) is 6.46. The van der Waals surface area contributed by atoms with Gasteiger partial charge in [-0.05, 0) is 24.1 Å². The topological polar surface area (TPSA) is 70.4 Å². The van der Waals surface area contributed by atoms with Gasteiger partial charge in [-0.3, -0.25) is 0 Å². The van der Waals surface area contributed by atoms with Gasteiger partial charge in [-0.1, -0.05) is 6.07 Å². The number of nitrogens with zero attached hydrogens (tertiary/aromatic N) is 2. The predicted octanol–water partition coefficient (Wildman–Crippen LogP) is 2.34. The Labute approximate surface area is 129 Å². The molecular formula is C13H11F3N2O4S. The molecular weight excluding hydrogens is 337 g/mol. The minimum Gasteiger partial charge on any atom is -0.479 e. The first kappa shape index (κ1) is 15.7. The van der Waals surface area contributed by atoms with Crippen LogP contribution < -0.4 is 8.92 Å². The van der Waals surface area contributed by atoms with Crippen LogP contribution in [0.15, 0.2) is 24.5 Å². The van der Waals surface area contributed by atoms with Crippen molar-refractivity contribution in [1.82, 2.24) is 9.55 Å². The quantitative estimate of drug-likeness (QED) is 0.629. The summed E-state index contributed by atoms with van der Waals surface area (Å²) in [7, 11) is -4.29. The van der Waals surface area contributed by atoms with Gasteiger partial charge in [0.1, 0.15) is 11.4 Å². The highest BCUT2D eigenvalue weighted by atomic mass is 32.2. The minimum absolute atomic E-state index is 0.307. The SMILES string of the molecule is COc1ncn2c1-c1cc(OS(=O)(=O)C(F)(F)F)ccc1CC2. The summed E-state index contributed by atoms with van der Waals surface area (Å²) in [6.07, 6.45) is 2.19. The van der Waals surface area contributed by atoms with E-state index < -0.39 is 21.4 Å². The summed E-state index contributed by atoms with van der Waals surface area (Å²) < 4.78 is 70.6. The van der Waals surface area contributed by atoms with Gasteiger partial charge in [0.2, 0.25) is 5.88 Å². The van der Waals surface area contributed by atoms with Crippen LogP contribution in [0.1, 0.15) is 5.56 Å². The molecule has 1 aliphatic rings. The molecule has 23 heavy (non-hydrogen) atoms. The van der Waals surface area contributed by atoms with Crippen LogP contribution in [0, 0.1) is 0 Å². The van der Waals surface area contributed by atoms with Crippen molar-refractivity contribution in [2.45, 2.75) is 18.5 Å². The number of halogens is 3. The second-order valence-electron chi connectivity index (χ2n) is 4.85. The average Bonchev–Trinajstić information content (AvgIpc) is 2.89. The number of hydrogen-bond acceptors (Lipinski definition) is 5. The highest BCUT2D eigenvalue weighted by molar-refractivity contribution is 7.88. The molecule has 1 aliphatic heterocycles. The smallest absolute Gasteiger partial charge is 0.479 e. The number of methoxy groups -OCH3 is 1. The molecule has 0 amide bonds. The standard InChI is InChI=1S/C13H11F3N2O4S/c1-21-12-11-10-6-9(22-23(19,20)13(14,15)16)3-2-8(10)4-5-18(11)7-17-12/h2-3,6-7H,4-5H2,1H3. The lowest BCUT2D eigenvalue weighted by atomic mass is 9.98. The second kappa shape index (κ2) is 5.15. The molecule has 0 aliphatic carbocycles. The first-order chi connectivity index (χ1) is 10.7. The highest BCUT2D eigenvalue weighted by Crippen LogP contribution is 2.38. The van der Waals surface area contributed by atoms with Crippen LogP contribution in [0.5, 0.6) is 11.6 Å². The zero-order valence-electron chi connectivity index (χ0n) is 11.8. The fourth-order valence-corrected chi connectivity index (χ4v) is 2.86. The van der Waals surface area contributed by atoms with Gasteiger partial charge in [-0.2, -0.15) is 21.6 Å². The van der Waals surface area contributed by atoms with E-state index in [0.717, 1.165) is 5.56 Å². The lowest BCUT2D eigenvalue weighted by Crippen LogP contribution is -2.28. The Hall–Kier alpha value is -2.23. The van der Waals surface area contributed by atoms with Crippen molar-refractivity contribution in [2.24, 2.45) is 0 Å². The molecule has 2 aromatic rings. The Bertz CT molecular complexity index is 845. The Balaban J connectivity index is 2.05. The number of fused-ring (bicyclic) bond motifs is 3. The monoisotopic (exact) mass is 348 g/mol. The maximum Gasteiger partial charge on any atom is 0.534 e. The zero-order chi connectivity index (χ0) is 16.8. The third kappa shape index (κ3) is 2.62. The van der Waals surface area contributed by atoms with Gasteiger partial charge in [0.05, 0.1) is 13.4 Å². The van der Waals surface area contributed by atoms with Crippen molar-refractivity contribution in [3.8, 4) is 22.9 Å². The number of ether oxygens (including phenoxy) is 1. The Morgan fingerprint density at radius 3 is 2.70 bits per heavy atom. The summed E-state index contributed by atoms with van der Waals surface area (Å²) in [5.74, 6) is -0.112. The number of hydrogen-bond donors (Lipinski definition) is 0. The van der Waals surface area contributed by atoms with E-state index in [2.05, 4.69) is 9.17 Å². The number of imidazole rings is 1. The highest BCUT2D eigenvalue weighted by Gasteiger charge is 2.48. The maximum absolute atomic E-state index is 12.4. The Morgan fingerprint density at radius 2 is 2.04 bits per heavy atom. The van der Waals surface area contributed by atoms with Gasteiger partial charge in [0.15, 0.2) is 0 Å². The number of benzene rings is 1. The van der Waals surface area contributed by atoms with Gasteiger partial charge in [0, 0.05) is 12.1 Å². The Morgan fingerprint density at radius 1 is 1.30 bits per heavy atom. The van der Waals surface area contributed by atoms with Crippen molar-refractivity contribution < 1.29 is 30.5 Å². The minimum atomic E-state index is -5.71. The lowest BCUT2D eigenvalue weighted by Gasteiger charge is -2.20. The van der Waals surface area contributed by atoms with E-state index >= 15 is 0 Å². The van der Waals surface area contributed by atoms with Crippen LogP contribution in [-0.2, 0) is 23.1 Å². The molecule has 10 heteroatoms. The molecule has 3 rings (SSSR count). The summed E-state index contributed by atoms with van der Waals surface area (Å²) in [4.78, 5) is 4.06. The summed E-state index contributed by atoms with van der Waals surface area (Å²) in [6, 6.07) is 3.97. The van der Waals surface area contributed by atoms with Gasteiger partial charge in [0.25, 0.3) is 0 Å². The summed E-state index contributed by atoms with van der Waals surface area (Å²) >= 11 is 0. The fraction of sp³-hybridized carbons (Fsp3) is 0.308. The molecule has 0 atom stereocenters. The van der Waals surface area contributed by atoms with Crippen molar-refractivity contribution in [3.05, 3.63) is 30.1 Å². The van der Waals surface area contributed by atoms with Crippen molar-refractivity contribution in [1.29, 1.82) is 0 Å². The molecule has 1 aromatic carbocycles. The molecule has 1 aromatic heterocycles. The fourth-order valence-electron chi connectivity index (χ4n) is 2.41. The van der Waals surface area contributed by atoms with Gasteiger partial charge < -0.3 is 13.5 Å². The molecule has 0 radical (unpaired) electrons. The average molecular weight is 348 g/mol. The van der Waals surface area contributed by atoms with E-state index in [9.17, 15) is 21.6 Å². The molecule has 2 heterocycles. The molecule has 6 nitrogen and oxygen atoms in total. The van der Waals surface area contributed by atoms with Gasteiger partial charge >= 0.3 is 15.6 Å². The van der Waals surface area contributed by atoms with Crippen LogP contribution >= 0.6 is 0 Å². The lowest BCUT2D eigenvalue weighted by molar-refractivity contribution is -0.0500. The number of aryl methyl sites for hydroxylation is 2. The van der Waals surface area contributed by atoms with Crippen molar-refractivity contribution >= 4 is 10.1 Å². The van der Waals surface area contributed by atoms with Crippen LogP contribution in [-0.4, -0.2) is 30.6 Å². The van der Waals surface area contributed by atoms with Crippen molar-refractivity contribution in [3.63, 3.8) is 0 Å². The molecule has 0 fully saturated rings. The predicted molar refractivity (Wildman–Crippen MR) is 73.5 cm³/mol. The van der Waals surface area contributed by atoms with E-state index in [1.54, 1.807) is 10.9 Å². The number of aromatic nitrogens is 2. The number of alkyl halides is 3. The van der Waals surface area contributed by atoms with Crippen LogP contribution in [0.2, 0.25) is 0 Å². The van der Waals surface area contributed by atoms with E-state index in [1.807, 2.05) is 0 Å². The Kier molecular flexibility index (Phi) is 3.51. The molecule has 0 saturated heterocycles. The van der Waals surface area contributed by atoms with E-state index in [4.69, 9.17) is 4.74 Å². The van der Waals surface area contributed by atoms with E-state index in [1.165, 1.54) is 25.3 Å². The molecule has 0 N–H and O–H groups in total. The molecule has 0 unspecified atom stereocenters. The maximum atomic E-state index is 12.4. The second-order valence-corrected chi connectivity index (χ2v) is 6.39. The first-order valence-corrected chi connectivity index (χ1v) is 7.87. The van der Waals surface area contributed by atoms with Crippen molar-refractivity contribution in [2.75, 3.05) is 7.11 Å². The third-order valence-corrected chi connectivity index (χ3v) is 4.42. The van der Waals surface area contributed by atoms with Gasteiger partial charge in [-0.25, -0.2) is 4.98 Å². The molecule has 0 spiro atoms. The molecule has 124 valence electrons. The van der Waals surface area contributed by atoms with E-state index in [0.29, 0.717) is 30.1 Å². The van der Waals surface area contributed by atoms with Crippen LogP contribution in [0.4, 0.5) is 13.2 Å². The summed E-state index contributed by atoms with van der Waals surface area (Å²) in [5, 5.41) is 0. The summed E-state index contributed by atoms with van der Waals surface area (Å²) in [5.41, 5.74) is -3.54. The molecule has 0 bridgehead atoms. The van der Waals surface area contributed by atoms with E-state index in [-0.39, 0.29) is 0 Å². The molecule has 0 saturated carbocycles. The summed E-state index contributed by atoms with van der Waals surface area (Å²) in [6.45, 7) is 0.639. The van der Waals surface area contributed by atoms with Crippen LogP contribution in [0.3, 0.4) is 0 Å².